The highest BCUT2D eigenvalue weighted by Gasteiger charge is 2.28. The molecule has 0 aromatic heterocycles. The van der Waals surface area contributed by atoms with Gasteiger partial charge in [-0.1, -0.05) is 17.9 Å². The van der Waals surface area contributed by atoms with E-state index >= 15 is 0 Å². The molecule has 1 aromatic rings. The Labute approximate surface area is 124 Å². The van der Waals surface area contributed by atoms with Crippen molar-refractivity contribution in [2.75, 3.05) is 24.7 Å². The minimum Gasteiger partial charge on any atom is -0.384 e. The van der Waals surface area contributed by atoms with Crippen LogP contribution in [-0.2, 0) is 16.4 Å². The van der Waals surface area contributed by atoms with Gasteiger partial charge in [-0.2, -0.15) is 0 Å². The van der Waals surface area contributed by atoms with Crippen LogP contribution in [0, 0.1) is 17.7 Å². The summed E-state index contributed by atoms with van der Waals surface area (Å²) in [7, 11) is -2.95. The maximum absolute atomic E-state index is 13.3. The smallest absolute Gasteiger partial charge is 0.153 e. The van der Waals surface area contributed by atoms with Gasteiger partial charge in [0.2, 0.25) is 0 Å². The van der Waals surface area contributed by atoms with Crippen molar-refractivity contribution in [2.24, 2.45) is 0 Å². The minimum absolute atomic E-state index is 0.0764. The van der Waals surface area contributed by atoms with Crippen LogP contribution in [0.4, 0.5) is 4.39 Å². The molecular weight excluding hydrogens is 293 g/mol. The van der Waals surface area contributed by atoms with Crippen LogP contribution < -0.4 is 0 Å². The van der Waals surface area contributed by atoms with E-state index in [1.165, 1.54) is 12.1 Å². The summed E-state index contributed by atoms with van der Waals surface area (Å²) in [5, 5.41) is 8.76. The number of aliphatic hydroxyl groups excluding tert-OH is 1. The lowest BCUT2D eigenvalue weighted by atomic mass is 10.1. The summed E-state index contributed by atoms with van der Waals surface area (Å²) < 4.78 is 36.5. The maximum atomic E-state index is 13.3. The van der Waals surface area contributed by atoms with Crippen LogP contribution in [0.3, 0.4) is 0 Å². The second-order valence-corrected chi connectivity index (χ2v) is 7.42. The van der Waals surface area contributed by atoms with Crippen LogP contribution in [0.15, 0.2) is 18.2 Å². The number of rotatable bonds is 2. The Bertz CT molecular complexity index is 676. The minimum atomic E-state index is -2.95. The van der Waals surface area contributed by atoms with Crippen molar-refractivity contribution in [1.82, 2.24) is 4.90 Å². The van der Waals surface area contributed by atoms with Crippen LogP contribution in [0.2, 0.25) is 0 Å². The van der Waals surface area contributed by atoms with Crippen LogP contribution >= 0.6 is 0 Å². The van der Waals surface area contributed by atoms with E-state index in [1.54, 1.807) is 6.07 Å². The molecule has 1 unspecified atom stereocenters. The Kier molecular flexibility index (Phi) is 4.99. The van der Waals surface area contributed by atoms with Gasteiger partial charge in [0.15, 0.2) is 9.84 Å². The molecule has 1 N–H and O–H groups in total. The number of sulfone groups is 1. The summed E-state index contributed by atoms with van der Waals surface area (Å²) >= 11 is 0. The molecule has 1 aromatic carbocycles. The molecule has 0 amide bonds. The van der Waals surface area contributed by atoms with E-state index in [2.05, 4.69) is 16.7 Å². The number of hydrogen-bond acceptors (Lipinski definition) is 4. The maximum Gasteiger partial charge on any atom is 0.153 e. The normalized spacial score (nSPS) is 21.6. The van der Waals surface area contributed by atoms with Crippen LogP contribution in [0.5, 0.6) is 0 Å². The third-order valence-electron chi connectivity index (χ3n) is 3.56. The van der Waals surface area contributed by atoms with Crippen molar-refractivity contribution in [2.45, 2.75) is 19.5 Å². The summed E-state index contributed by atoms with van der Waals surface area (Å²) in [6, 6.07) is 4.29. The van der Waals surface area contributed by atoms with Gasteiger partial charge in [-0.05, 0) is 24.6 Å². The van der Waals surface area contributed by atoms with E-state index in [1.807, 2.05) is 6.92 Å². The summed E-state index contributed by atoms with van der Waals surface area (Å²) in [4.78, 5) is 2.05. The van der Waals surface area contributed by atoms with Gasteiger partial charge in [0.05, 0.1) is 11.5 Å². The standard InChI is InChI=1S/C15H18FNO3S/c1-12-11-21(19,20)8-6-17(12)10-14-4-5-15(16)9-13(14)3-2-7-18/h4-5,9,12,18H,6-8,10-11H2,1H3. The molecular formula is C15H18FNO3S. The Morgan fingerprint density at radius 3 is 2.90 bits per heavy atom. The molecule has 0 radical (unpaired) electrons. The molecule has 1 aliphatic rings. The highest BCUT2D eigenvalue weighted by Crippen LogP contribution is 2.18. The van der Waals surface area contributed by atoms with Crippen LogP contribution in [0.1, 0.15) is 18.1 Å². The Morgan fingerprint density at radius 2 is 2.24 bits per heavy atom. The lowest BCUT2D eigenvalue weighted by Gasteiger charge is -2.33. The van der Waals surface area contributed by atoms with Gasteiger partial charge >= 0.3 is 0 Å². The summed E-state index contributed by atoms with van der Waals surface area (Å²) in [6.45, 7) is 2.58. The third kappa shape index (κ3) is 4.27. The Hall–Kier alpha value is -1.42. The molecule has 1 heterocycles. The third-order valence-corrected chi connectivity index (χ3v) is 5.35. The molecule has 114 valence electrons. The number of nitrogens with zero attached hydrogens (tertiary/aromatic N) is 1. The molecule has 6 heteroatoms. The predicted octanol–water partition coefficient (Wildman–Crippen LogP) is 0.788. The van der Waals surface area contributed by atoms with Crippen molar-refractivity contribution in [1.29, 1.82) is 0 Å². The number of benzene rings is 1. The predicted molar refractivity (Wildman–Crippen MR) is 78.9 cm³/mol. The summed E-state index contributed by atoms with van der Waals surface area (Å²) in [5.41, 5.74) is 1.37. The quantitative estimate of drug-likeness (QED) is 0.821. The molecule has 1 saturated heterocycles. The largest absolute Gasteiger partial charge is 0.384 e. The van der Waals surface area contributed by atoms with E-state index in [-0.39, 0.29) is 30.0 Å². The lowest BCUT2D eigenvalue weighted by molar-refractivity contribution is 0.218. The average molecular weight is 311 g/mol. The zero-order chi connectivity index (χ0) is 15.5. The first kappa shape index (κ1) is 16.0. The number of aliphatic hydroxyl groups is 1. The molecule has 0 aliphatic carbocycles. The van der Waals surface area contributed by atoms with Crippen molar-refractivity contribution in [3.63, 3.8) is 0 Å². The van der Waals surface area contributed by atoms with Gasteiger partial charge in [-0.3, -0.25) is 4.90 Å². The van der Waals surface area contributed by atoms with Gasteiger partial charge in [-0.25, -0.2) is 12.8 Å². The first-order valence-corrected chi connectivity index (χ1v) is 8.56. The summed E-state index contributed by atoms with van der Waals surface area (Å²) in [5.74, 6) is 5.17. The fourth-order valence-electron chi connectivity index (χ4n) is 2.42. The molecule has 1 fully saturated rings. The zero-order valence-corrected chi connectivity index (χ0v) is 12.7. The van der Waals surface area contributed by atoms with Crippen LogP contribution in [0.25, 0.3) is 0 Å². The van der Waals surface area contributed by atoms with Gasteiger partial charge in [-0.15, -0.1) is 0 Å². The van der Waals surface area contributed by atoms with E-state index in [9.17, 15) is 12.8 Å². The molecule has 4 nitrogen and oxygen atoms in total. The van der Waals surface area contributed by atoms with Crippen molar-refractivity contribution < 1.29 is 17.9 Å². The van der Waals surface area contributed by atoms with Gasteiger partial charge in [0.25, 0.3) is 0 Å². The second-order valence-electron chi connectivity index (χ2n) is 5.20. The molecule has 0 spiro atoms. The first-order chi connectivity index (χ1) is 9.91. The van der Waals surface area contributed by atoms with Crippen molar-refractivity contribution in [3.8, 4) is 11.8 Å². The SMILES string of the molecule is CC1CS(=O)(=O)CCN1Cc1ccc(F)cc1C#CCO. The first-order valence-electron chi connectivity index (χ1n) is 6.74. The van der Waals surface area contributed by atoms with Crippen LogP contribution in [-0.4, -0.2) is 49.1 Å². The molecule has 0 bridgehead atoms. The Balaban J connectivity index is 2.20. The summed E-state index contributed by atoms with van der Waals surface area (Å²) in [6.07, 6.45) is 0. The van der Waals surface area contributed by atoms with Crippen molar-refractivity contribution in [3.05, 3.63) is 35.1 Å². The Morgan fingerprint density at radius 1 is 1.48 bits per heavy atom. The molecule has 1 atom stereocenters. The van der Waals surface area contributed by atoms with E-state index in [0.29, 0.717) is 18.7 Å². The molecule has 1 aliphatic heterocycles. The van der Waals surface area contributed by atoms with Crippen molar-refractivity contribution >= 4 is 9.84 Å². The molecule has 2 rings (SSSR count). The fourth-order valence-corrected chi connectivity index (χ4v) is 4.05. The molecule has 0 saturated carbocycles. The van der Waals surface area contributed by atoms with Gasteiger partial charge in [0.1, 0.15) is 12.4 Å². The van der Waals surface area contributed by atoms with E-state index in [4.69, 9.17) is 5.11 Å². The highest BCUT2D eigenvalue weighted by atomic mass is 32.2. The number of halogens is 1. The van der Waals surface area contributed by atoms with Gasteiger partial charge < -0.3 is 5.11 Å². The fraction of sp³-hybridized carbons (Fsp3) is 0.467. The van der Waals surface area contributed by atoms with E-state index < -0.39 is 9.84 Å². The topological polar surface area (TPSA) is 57.6 Å². The average Bonchev–Trinajstić information content (AvgIpc) is 2.41. The highest BCUT2D eigenvalue weighted by molar-refractivity contribution is 7.91. The monoisotopic (exact) mass is 311 g/mol. The molecule has 21 heavy (non-hydrogen) atoms. The lowest BCUT2D eigenvalue weighted by Crippen LogP contribution is -2.46. The zero-order valence-electron chi connectivity index (χ0n) is 11.8. The second kappa shape index (κ2) is 6.56. The van der Waals surface area contributed by atoms with Gasteiger partial charge in [0, 0.05) is 24.7 Å². The van der Waals surface area contributed by atoms with E-state index in [0.717, 1.165) is 5.56 Å². The number of hydrogen-bond donors (Lipinski definition) is 1.